The van der Waals surface area contributed by atoms with Gasteiger partial charge >= 0.3 is 0 Å². The average Bonchev–Trinajstić information content (AvgIpc) is 3.19. The smallest absolute Gasteiger partial charge is 0.258 e. The number of carbonyl (C=O) groups excluding carboxylic acids is 1. The van der Waals surface area contributed by atoms with E-state index in [1.807, 2.05) is 42.5 Å². The third-order valence-electron chi connectivity index (χ3n) is 5.08. The molecule has 0 spiro atoms. The highest BCUT2D eigenvalue weighted by Crippen LogP contribution is 2.19. The molecule has 1 aliphatic heterocycles. The number of rotatable bonds is 5. The monoisotopic (exact) mass is 375 g/mol. The van der Waals surface area contributed by atoms with E-state index in [1.165, 1.54) is 5.69 Å². The van der Waals surface area contributed by atoms with Crippen molar-refractivity contribution in [3.05, 3.63) is 78.1 Å². The first-order valence-electron chi connectivity index (χ1n) is 9.59. The van der Waals surface area contributed by atoms with Gasteiger partial charge in [-0.15, -0.1) is 0 Å². The highest BCUT2D eigenvalue weighted by Gasteiger charge is 2.14. The predicted octanol–water partition coefficient (Wildman–Crippen LogP) is 2.94. The zero-order valence-corrected chi connectivity index (χ0v) is 16.1. The minimum atomic E-state index is -0.147. The fraction of sp³-hybridized carbons (Fsp3) is 0.273. The molecule has 0 bridgehead atoms. The molecule has 1 aliphatic rings. The molecule has 1 fully saturated rings. The molecule has 0 atom stereocenters. The number of nitrogens with one attached hydrogen (secondary N) is 1. The average molecular weight is 375 g/mol. The second kappa shape index (κ2) is 8.27. The Morgan fingerprint density at radius 3 is 2.43 bits per heavy atom. The van der Waals surface area contributed by atoms with Gasteiger partial charge in [0, 0.05) is 43.8 Å². The van der Waals surface area contributed by atoms with Crippen LogP contribution in [0.25, 0.3) is 0 Å². The Hall–Kier alpha value is -3.12. The minimum absolute atomic E-state index is 0.147. The van der Waals surface area contributed by atoms with Crippen molar-refractivity contribution in [1.82, 2.24) is 14.7 Å². The topological polar surface area (TPSA) is 53.4 Å². The van der Waals surface area contributed by atoms with Crippen LogP contribution < -0.4 is 10.2 Å². The molecule has 3 aromatic rings. The first kappa shape index (κ1) is 18.3. The molecular weight excluding hydrogens is 350 g/mol. The van der Waals surface area contributed by atoms with Crippen molar-refractivity contribution in [3.8, 4) is 0 Å². The molecule has 0 radical (unpaired) electrons. The van der Waals surface area contributed by atoms with Crippen LogP contribution in [-0.2, 0) is 6.54 Å². The van der Waals surface area contributed by atoms with Gasteiger partial charge in [0.05, 0.1) is 18.3 Å². The van der Waals surface area contributed by atoms with E-state index in [0.717, 1.165) is 37.4 Å². The number of benzene rings is 2. The summed E-state index contributed by atoms with van der Waals surface area (Å²) in [5.74, 6) is -0.147. The van der Waals surface area contributed by atoms with Gasteiger partial charge in [-0.05, 0) is 36.9 Å². The fourth-order valence-electron chi connectivity index (χ4n) is 3.36. The second-order valence-corrected chi connectivity index (χ2v) is 7.20. The van der Waals surface area contributed by atoms with Crippen LogP contribution in [-0.4, -0.2) is 53.8 Å². The number of carbonyl (C=O) groups is 1. The van der Waals surface area contributed by atoms with Gasteiger partial charge in [-0.2, -0.15) is 5.10 Å². The Balaban J connectivity index is 1.36. The molecule has 28 heavy (non-hydrogen) atoms. The molecular formula is C22H25N5O. The van der Waals surface area contributed by atoms with Crippen LogP contribution in [0.4, 0.5) is 11.4 Å². The number of aromatic nitrogens is 2. The van der Waals surface area contributed by atoms with Crippen molar-refractivity contribution in [3.63, 3.8) is 0 Å². The van der Waals surface area contributed by atoms with E-state index in [4.69, 9.17) is 0 Å². The number of piperazine rings is 1. The number of nitrogens with zero attached hydrogens (tertiary/aromatic N) is 4. The molecule has 144 valence electrons. The third kappa shape index (κ3) is 4.40. The molecule has 0 unspecified atom stereocenters. The van der Waals surface area contributed by atoms with Crippen LogP contribution in [0.1, 0.15) is 15.9 Å². The van der Waals surface area contributed by atoms with Gasteiger partial charge in [-0.1, -0.05) is 30.3 Å². The van der Waals surface area contributed by atoms with E-state index < -0.39 is 0 Å². The summed E-state index contributed by atoms with van der Waals surface area (Å²) in [6.07, 6.45) is 3.39. The molecule has 2 heterocycles. The lowest BCUT2D eigenvalue weighted by atomic mass is 10.2. The van der Waals surface area contributed by atoms with E-state index in [2.05, 4.69) is 39.4 Å². The summed E-state index contributed by atoms with van der Waals surface area (Å²) in [7, 11) is 2.15. The second-order valence-electron chi connectivity index (χ2n) is 7.20. The summed E-state index contributed by atoms with van der Waals surface area (Å²) >= 11 is 0. The van der Waals surface area contributed by atoms with Crippen molar-refractivity contribution < 1.29 is 4.79 Å². The Kier molecular flexibility index (Phi) is 5.39. The van der Waals surface area contributed by atoms with E-state index in [0.29, 0.717) is 12.1 Å². The van der Waals surface area contributed by atoms with Crippen molar-refractivity contribution in [2.45, 2.75) is 6.54 Å². The maximum atomic E-state index is 12.5. The highest BCUT2D eigenvalue weighted by atomic mass is 16.1. The summed E-state index contributed by atoms with van der Waals surface area (Å²) in [5.41, 5.74) is 3.69. The van der Waals surface area contributed by atoms with Crippen LogP contribution in [0.5, 0.6) is 0 Å². The molecule has 1 saturated heterocycles. The Morgan fingerprint density at radius 2 is 1.71 bits per heavy atom. The largest absolute Gasteiger partial charge is 0.369 e. The van der Waals surface area contributed by atoms with Crippen LogP contribution in [0.2, 0.25) is 0 Å². The standard InChI is InChI=1S/C22H25N5O/c1-25-11-13-26(14-12-25)21-9-7-20(8-10-21)24-22(28)19-15-23-27(17-19)16-18-5-3-2-4-6-18/h2-10,15,17H,11-14,16H2,1H3,(H,24,28). The fourth-order valence-corrected chi connectivity index (χ4v) is 3.36. The van der Waals surface area contributed by atoms with Crippen LogP contribution in [0.15, 0.2) is 67.0 Å². The van der Waals surface area contributed by atoms with Crippen LogP contribution in [0.3, 0.4) is 0 Å². The third-order valence-corrected chi connectivity index (χ3v) is 5.08. The van der Waals surface area contributed by atoms with Gasteiger partial charge < -0.3 is 15.1 Å². The summed E-state index contributed by atoms with van der Waals surface area (Å²) in [4.78, 5) is 17.2. The number of hydrogen-bond donors (Lipinski definition) is 1. The van der Waals surface area contributed by atoms with Crippen LogP contribution in [0, 0.1) is 0 Å². The van der Waals surface area contributed by atoms with Gasteiger partial charge in [-0.3, -0.25) is 9.48 Å². The number of anilines is 2. The number of hydrogen-bond acceptors (Lipinski definition) is 4. The molecule has 6 nitrogen and oxygen atoms in total. The zero-order valence-electron chi connectivity index (χ0n) is 16.1. The van der Waals surface area contributed by atoms with Gasteiger partial charge in [0.15, 0.2) is 0 Å². The molecule has 6 heteroatoms. The minimum Gasteiger partial charge on any atom is -0.369 e. The van der Waals surface area contributed by atoms with Gasteiger partial charge in [0.1, 0.15) is 0 Å². The Bertz CT molecular complexity index is 912. The van der Waals surface area contributed by atoms with Crippen molar-refractivity contribution in [1.29, 1.82) is 0 Å². The number of amides is 1. The van der Waals surface area contributed by atoms with E-state index in [1.54, 1.807) is 17.1 Å². The van der Waals surface area contributed by atoms with E-state index in [9.17, 15) is 4.79 Å². The van der Waals surface area contributed by atoms with Crippen molar-refractivity contribution in [2.75, 3.05) is 43.4 Å². The zero-order chi connectivity index (χ0) is 19.3. The van der Waals surface area contributed by atoms with Gasteiger partial charge in [0.2, 0.25) is 0 Å². The molecule has 1 amide bonds. The number of likely N-dealkylation sites (N-methyl/N-ethyl adjacent to an activating group) is 1. The lowest BCUT2D eigenvalue weighted by molar-refractivity contribution is 0.102. The summed E-state index contributed by atoms with van der Waals surface area (Å²) < 4.78 is 1.78. The normalized spacial score (nSPS) is 14.8. The molecule has 1 N–H and O–H groups in total. The van der Waals surface area contributed by atoms with E-state index >= 15 is 0 Å². The Morgan fingerprint density at radius 1 is 1.00 bits per heavy atom. The maximum absolute atomic E-state index is 12.5. The lowest BCUT2D eigenvalue weighted by Crippen LogP contribution is -2.44. The quantitative estimate of drug-likeness (QED) is 0.745. The van der Waals surface area contributed by atoms with Crippen molar-refractivity contribution in [2.24, 2.45) is 0 Å². The molecule has 0 saturated carbocycles. The van der Waals surface area contributed by atoms with Crippen LogP contribution >= 0.6 is 0 Å². The first-order chi connectivity index (χ1) is 13.7. The summed E-state index contributed by atoms with van der Waals surface area (Å²) in [6.45, 7) is 4.86. The summed E-state index contributed by atoms with van der Waals surface area (Å²) in [5, 5.41) is 7.25. The van der Waals surface area contributed by atoms with E-state index in [-0.39, 0.29) is 5.91 Å². The molecule has 0 aliphatic carbocycles. The Labute approximate surface area is 165 Å². The van der Waals surface area contributed by atoms with Gasteiger partial charge in [0.25, 0.3) is 5.91 Å². The first-order valence-corrected chi connectivity index (χ1v) is 9.59. The lowest BCUT2D eigenvalue weighted by Gasteiger charge is -2.34. The molecule has 2 aromatic carbocycles. The highest BCUT2D eigenvalue weighted by molar-refractivity contribution is 6.04. The molecule has 4 rings (SSSR count). The van der Waals surface area contributed by atoms with Gasteiger partial charge in [-0.25, -0.2) is 0 Å². The molecule has 1 aromatic heterocycles. The predicted molar refractivity (Wildman–Crippen MR) is 112 cm³/mol. The summed E-state index contributed by atoms with van der Waals surface area (Å²) in [6, 6.07) is 18.1. The van der Waals surface area contributed by atoms with Crippen molar-refractivity contribution >= 4 is 17.3 Å². The SMILES string of the molecule is CN1CCN(c2ccc(NC(=O)c3cnn(Cc4ccccc4)c3)cc2)CC1. The maximum Gasteiger partial charge on any atom is 0.258 e.